The Balaban J connectivity index is 2.73. The third kappa shape index (κ3) is 1.27. The lowest BCUT2D eigenvalue weighted by atomic mass is 10.1. The second-order valence-electron chi connectivity index (χ2n) is 3.25. The molecule has 0 saturated carbocycles. The van der Waals surface area contributed by atoms with Crippen molar-refractivity contribution in [2.45, 2.75) is 6.92 Å². The number of carbonyl (C=O) groups excluding carboxylic acids is 1. The zero-order valence-electron chi connectivity index (χ0n) is 8.13. The number of aryl methyl sites for hydroxylation is 1. The van der Waals surface area contributed by atoms with E-state index in [1.165, 1.54) is 0 Å². The summed E-state index contributed by atoms with van der Waals surface area (Å²) in [5.74, 6) is 0.812. The second-order valence-corrected chi connectivity index (χ2v) is 3.25. The van der Waals surface area contributed by atoms with E-state index in [9.17, 15) is 4.79 Å². The number of H-pyrrole nitrogens is 1. The molecule has 14 heavy (non-hydrogen) atoms. The molecular weight excluding hydrogens is 178 g/mol. The number of fused-ring (bicyclic) bond motifs is 1. The minimum Gasteiger partial charge on any atom is -0.497 e. The largest absolute Gasteiger partial charge is 0.497 e. The lowest BCUT2D eigenvalue weighted by Crippen LogP contribution is -1.84. The number of hydrogen-bond donors (Lipinski definition) is 1. The first-order chi connectivity index (χ1) is 6.74. The zero-order valence-corrected chi connectivity index (χ0v) is 8.13. The first-order valence-electron chi connectivity index (χ1n) is 4.37. The molecule has 3 nitrogen and oxygen atoms in total. The highest BCUT2D eigenvalue weighted by atomic mass is 16.5. The smallest absolute Gasteiger partial charge is 0.166 e. The van der Waals surface area contributed by atoms with Gasteiger partial charge < -0.3 is 9.72 Å². The Morgan fingerprint density at radius 2 is 2.14 bits per heavy atom. The maximum absolute atomic E-state index is 10.6. The minimum atomic E-state index is 0.594. The third-order valence-corrected chi connectivity index (χ3v) is 2.28. The molecule has 2 aromatic rings. The fraction of sp³-hybridized carbons (Fsp3) is 0.182. The molecule has 0 aliphatic rings. The molecule has 0 saturated heterocycles. The predicted molar refractivity (Wildman–Crippen MR) is 55.0 cm³/mol. The van der Waals surface area contributed by atoms with Gasteiger partial charge in [0.05, 0.1) is 12.8 Å². The van der Waals surface area contributed by atoms with Crippen molar-refractivity contribution in [3.63, 3.8) is 0 Å². The summed E-state index contributed by atoms with van der Waals surface area (Å²) in [6.45, 7) is 1.98. The number of nitrogens with one attached hydrogen (secondary N) is 1. The molecule has 1 heterocycles. The Morgan fingerprint density at radius 3 is 2.79 bits per heavy atom. The van der Waals surface area contributed by atoms with Gasteiger partial charge in [-0.05, 0) is 30.7 Å². The Morgan fingerprint density at radius 1 is 1.36 bits per heavy atom. The summed E-state index contributed by atoms with van der Waals surface area (Å²) in [5, 5.41) is 1.00. The molecule has 0 atom stereocenters. The van der Waals surface area contributed by atoms with Crippen LogP contribution < -0.4 is 4.74 Å². The summed E-state index contributed by atoms with van der Waals surface area (Å²) >= 11 is 0. The summed E-state index contributed by atoms with van der Waals surface area (Å²) in [6.07, 6.45) is 0.811. The maximum Gasteiger partial charge on any atom is 0.166 e. The van der Waals surface area contributed by atoms with Gasteiger partial charge in [0.25, 0.3) is 0 Å². The zero-order chi connectivity index (χ0) is 10.1. The van der Waals surface area contributed by atoms with Gasteiger partial charge in [-0.2, -0.15) is 0 Å². The molecule has 0 bridgehead atoms. The van der Waals surface area contributed by atoms with Crippen LogP contribution in [0.2, 0.25) is 0 Å². The third-order valence-electron chi connectivity index (χ3n) is 2.28. The van der Waals surface area contributed by atoms with Crippen molar-refractivity contribution in [2.75, 3.05) is 7.11 Å². The van der Waals surface area contributed by atoms with Crippen LogP contribution in [0.25, 0.3) is 10.9 Å². The Hall–Kier alpha value is -1.77. The highest BCUT2D eigenvalue weighted by Gasteiger charge is 2.04. The van der Waals surface area contributed by atoms with E-state index < -0.39 is 0 Å². The lowest BCUT2D eigenvalue weighted by molar-refractivity contribution is 0.112. The van der Waals surface area contributed by atoms with Gasteiger partial charge >= 0.3 is 0 Å². The van der Waals surface area contributed by atoms with Crippen molar-refractivity contribution in [1.29, 1.82) is 0 Å². The van der Waals surface area contributed by atoms with Crippen molar-refractivity contribution in [3.8, 4) is 5.75 Å². The van der Waals surface area contributed by atoms with Crippen LogP contribution in [0.3, 0.4) is 0 Å². The Labute approximate surface area is 81.7 Å². The number of aldehydes is 1. The normalized spacial score (nSPS) is 10.4. The number of ether oxygens (including phenoxy) is 1. The number of methoxy groups -OCH3 is 1. The molecule has 0 radical (unpaired) electrons. The highest BCUT2D eigenvalue weighted by molar-refractivity contribution is 5.90. The number of rotatable bonds is 2. The van der Waals surface area contributed by atoms with Gasteiger partial charge in [0.15, 0.2) is 6.29 Å². The number of aromatic amines is 1. The Bertz CT molecular complexity index is 485. The molecule has 3 heteroatoms. The van der Waals surface area contributed by atoms with Gasteiger partial charge in [0.2, 0.25) is 0 Å². The van der Waals surface area contributed by atoms with Crippen LogP contribution in [0.1, 0.15) is 16.1 Å². The molecule has 2 rings (SSSR count). The molecule has 1 aromatic heterocycles. The fourth-order valence-corrected chi connectivity index (χ4v) is 1.59. The molecule has 72 valence electrons. The van der Waals surface area contributed by atoms with Gasteiger partial charge in [-0.3, -0.25) is 4.79 Å². The molecular formula is C11H11NO2. The van der Waals surface area contributed by atoms with Gasteiger partial charge in [-0.15, -0.1) is 0 Å². The van der Waals surface area contributed by atoms with E-state index >= 15 is 0 Å². The number of aromatic nitrogens is 1. The van der Waals surface area contributed by atoms with E-state index in [1.54, 1.807) is 7.11 Å². The summed E-state index contributed by atoms with van der Waals surface area (Å²) in [7, 11) is 1.63. The second kappa shape index (κ2) is 3.18. The van der Waals surface area contributed by atoms with Gasteiger partial charge in [-0.25, -0.2) is 0 Å². The number of benzene rings is 1. The van der Waals surface area contributed by atoms with E-state index in [1.807, 2.05) is 25.1 Å². The molecule has 0 fully saturated rings. The SMILES string of the molecule is COc1cc(C)c2[nH]c(C=O)cc2c1. The van der Waals surface area contributed by atoms with Crippen LogP contribution in [-0.2, 0) is 0 Å². The lowest BCUT2D eigenvalue weighted by Gasteiger charge is -2.01. The van der Waals surface area contributed by atoms with Crippen LogP contribution in [0.4, 0.5) is 0 Å². The average molecular weight is 189 g/mol. The molecule has 0 aliphatic heterocycles. The molecule has 0 unspecified atom stereocenters. The summed E-state index contributed by atoms with van der Waals surface area (Å²) in [5.41, 5.74) is 2.66. The van der Waals surface area contributed by atoms with Crippen LogP contribution in [0.5, 0.6) is 5.75 Å². The van der Waals surface area contributed by atoms with Crippen molar-refractivity contribution in [3.05, 3.63) is 29.5 Å². The molecule has 0 spiro atoms. The summed E-state index contributed by atoms with van der Waals surface area (Å²) in [6, 6.07) is 5.66. The standard InChI is InChI=1S/C11H11NO2/c1-7-3-10(14-2)5-8-4-9(6-13)12-11(7)8/h3-6,12H,1-2H3. The van der Waals surface area contributed by atoms with Gasteiger partial charge in [0.1, 0.15) is 5.75 Å². The summed E-state index contributed by atoms with van der Waals surface area (Å²) in [4.78, 5) is 13.6. The van der Waals surface area contributed by atoms with Crippen LogP contribution >= 0.6 is 0 Å². The predicted octanol–water partition coefficient (Wildman–Crippen LogP) is 2.30. The monoisotopic (exact) mass is 189 g/mol. The fourth-order valence-electron chi connectivity index (χ4n) is 1.59. The molecule has 0 amide bonds. The average Bonchev–Trinajstić information content (AvgIpc) is 2.61. The van der Waals surface area contributed by atoms with Gasteiger partial charge in [0, 0.05) is 10.9 Å². The topological polar surface area (TPSA) is 42.1 Å². The van der Waals surface area contributed by atoms with Crippen molar-refractivity contribution >= 4 is 17.2 Å². The van der Waals surface area contributed by atoms with Crippen molar-refractivity contribution in [1.82, 2.24) is 4.98 Å². The van der Waals surface area contributed by atoms with Gasteiger partial charge in [-0.1, -0.05) is 0 Å². The Kier molecular flexibility index (Phi) is 2.00. The van der Waals surface area contributed by atoms with Crippen molar-refractivity contribution < 1.29 is 9.53 Å². The van der Waals surface area contributed by atoms with E-state index in [4.69, 9.17) is 4.74 Å². The first kappa shape index (κ1) is 8.81. The minimum absolute atomic E-state index is 0.594. The highest BCUT2D eigenvalue weighted by Crippen LogP contribution is 2.24. The number of carbonyl (C=O) groups is 1. The molecule has 0 aliphatic carbocycles. The van der Waals surface area contributed by atoms with Crippen LogP contribution in [0.15, 0.2) is 18.2 Å². The van der Waals surface area contributed by atoms with Crippen molar-refractivity contribution in [2.24, 2.45) is 0 Å². The van der Waals surface area contributed by atoms with Crippen LogP contribution in [-0.4, -0.2) is 18.4 Å². The first-order valence-corrected chi connectivity index (χ1v) is 4.37. The number of hydrogen-bond acceptors (Lipinski definition) is 2. The van der Waals surface area contributed by atoms with Crippen LogP contribution in [0, 0.1) is 6.92 Å². The maximum atomic E-state index is 10.6. The molecule has 1 aromatic carbocycles. The molecule has 1 N–H and O–H groups in total. The quantitative estimate of drug-likeness (QED) is 0.736. The van der Waals surface area contributed by atoms with E-state index in [0.717, 1.165) is 28.5 Å². The summed E-state index contributed by atoms with van der Waals surface area (Å²) < 4.78 is 5.14. The van der Waals surface area contributed by atoms with E-state index in [0.29, 0.717) is 5.69 Å². The van der Waals surface area contributed by atoms with E-state index in [-0.39, 0.29) is 0 Å². The van der Waals surface area contributed by atoms with E-state index in [2.05, 4.69) is 4.98 Å².